The van der Waals surface area contributed by atoms with Gasteiger partial charge in [0.25, 0.3) is 0 Å². The van der Waals surface area contributed by atoms with Gasteiger partial charge >= 0.3 is 0 Å². The van der Waals surface area contributed by atoms with Gasteiger partial charge in [-0.1, -0.05) is 47.5 Å². The van der Waals surface area contributed by atoms with Gasteiger partial charge in [0.2, 0.25) is 0 Å². The van der Waals surface area contributed by atoms with Gasteiger partial charge in [-0.3, -0.25) is 0 Å². The van der Waals surface area contributed by atoms with Crippen molar-refractivity contribution in [3.8, 4) is 0 Å². The molecule has 0 nitrogen and oxygen atoms in total. The summed E-state index contributed by atoms with van der Waals surface area (Å²) in [5.74, 6) is -0.256. The average Bonchev–Trinajstić information content (AvgIpc) is 2.32. The summed E-state index contributed by atoms with van der Waals surface area (Å²) in [7, 11) is 0. The molecule has 2 rings (SSSR count). The molecular weight excluding hydrogens is 294 g/mol. The predicted molar refractivity (Wildman–Crippen MR) is 75.2 cm³/mol. The first-order chi connectivity index (χ1) is 8.58. The third kappa shape index (κ3) is 3.17. The molecule has 0 aliphatic rings. The second-order valence-corrected chi connectivity index (χ2v) is 5.30. The highest BCUT2D eigenvalue weighted by Gasteiger charge is 2.14. The van der Waals surface area contributed by atoms with E-state index in [-0.39, 0.29) is 11.2 Å². The zero-order chi connectivity index (χ0) is 13.1. The molecule has 0 heterocycles. The molecule has 1 unspecified atom stereocenters. The van der Waals surface area contributed by atoms with Crippen LogP contribution in [0.2, 0.25) is 10.0 Å². The first-order valence-electron chi connectivity index (χ1n) is 5.40. The van der Waals surface area contributed by atoms with Crippen LogP contribution in [0.3, 0.4) is 0 Å². The van der Waals surface area contributed by atoms with Crippen molar-refractivity contribution in [1.29, 1.82) is 0 Å². The summed E-state index contributed by atoms with van der Waals surface area (Å²) in [6, 6.07) is 11.7. The zero-order valence-electron chi connectivity index (χ0n) is 9.34. The molecule has 0 saturated heterocycles. The molecule has 0 N–H and O–H groups in total. The maximum atomic E-state index is 13.5. The van der Waals surface area contributed by atoms with Gasteiger partial charge in [0, 0.05) is 10.0 Å². The van der Waals surface area contributed by atoms with E-state index in [0.29, 0.717) is 22.0 Å². The van der Waals surface area contributed by atoms with Gasteiger partial charge in [0.05, 0.1) is 5.38 Å². The lowest BCUT2D eigenvalue weighted by atomic mass is 10.0. The average molecular weight is 304 g/mol. The highest BCUT2D eigenvalue weighted by molar-refractivity contribution is 6.35. The Labute approximate surface area is 120 Å². The lowest BCUT2D eigenvalue weighted by Gasteiger charge is -2.12. The predicted octanol–water partition coefficient (Wildman–Crippen LogP) is 5.66. The van der Waals surface area contributed by atoms with E-state index in [0.717, 1.165) is 5.56 Å². The SMILES string of the molecule is Fc1ccccc1CC(Cl)c1ccc(Cl)cc1Cl. The summed E-state index contributed by atoms with van der Waals surface area (Å²) in [5.41, 5.74) is 1.33. The van der Waals surface area contributed by atoms with Crippen molar-refractivity contribution in [2.45, 2.75) is 11.8 Å². The number of benzene rings is 2. The van der Waals surface area contributed by atoms with Gasteiger partial charge in [-0.15, -0.1) is 11.6 Å². The van der Waals surface area contributed by atoms with E-state index < -0.39 is 0 Å². The van der Waals surface area contributed by atoms with Gasteiger partial charge in [0.15, 0.2) is 0 Å². The number of alkyl halides is 1. The maximum absolute atomic E-state index is 13.5. The summed E-state index contributed by atoms with van der Waals surface area (Å²) >= 11 is 18.2. The van der Waals surface area contributed by atoms with Crippen LogP contribution in [-0.2, 0) is 6.42 Å². The molecule has 0 aromatic heterocycles. The van der Waals surface area contributed by atoms with Crippen LogP contribution in [0.25, 0.3) is 0 Å². The van der Waals surface area contributed by atoms with Crippen molar-refractivity contribution < 1.29 is 4.39 Å². The summed E-state index contributed by atoms with van der Waals surface area (Å²) < 4.78 is 13.5. The standard InChI is InChI=1S/C14H10Cl3F/c15-10-5-6-11(13(17)8-10)12(16)7-9-3-1-2-4-14(9)18/h1-6,8,12H,7H2. The minimum atomic E-state index is -0.383. The van der Waals surface area contributed by atoms with Crippen molar-refractivity contribution in [2.24, 2.45) is 0 Å². The van der Waals surface area contributed by atoms with Crippen LogP contribution in [0.4, 0.5) is 4.39 Å². The van der Waals surface area contributed by atoms with E-state index in [1.807, 2.05) is 0 Å². The minimum Gasteiger partial charge on any atom is -0.207 e. The summed E-state index contributed by atoms with van der Waals surface area (Å²) in [4.78, 5) is 0. The largest absolute Gasteiger partial charge is 0.207 e. The Hall–Kier alpha value is -0.760. The Morgan fingerprint density at radius 3 is 2.44 bits per heavy atom. The third-order valence-electron chi connectivity index (χ3n) is 2.66. The van der Waals surface area contributed by atoms with Gasteiger partial charge in [0.1, 0.15) is 5.82 Å². The van der Waals surface area contributed by atoms with Crippen LogP contribution in [0.5, 0.6) is 0 Å². The van der Waals surface area contributed by atoms with Gasteiger partial charge in [-0.05, 0) is 35.7 Å². The summed E-state index contributed by atoms with van der Waals surface area (Å²) in [5, 5.41) is 0.670. The Morgan fingerprint density at radius 2 is 1.78 bits per heavy atom. The van der Waals surface area contributed by atoms with E-state index in [2.05, 4.69) is 0 Å². The lowest BCUT2D eigenvalue weighted by molar-refractivity contribution is 0.607. The van der Waals surface area contributed by atoms with Crippen molar-refractivity contribution in [1.82, 2.24) is 0 Å². The summed E-state index contributed by atoms with van der Waals surface area (Å²) in [6.07, 6.45) is 0.385. The van der Waals surface area contributed by atoms with Crippen LogP contribution in [0.15, 0.2) is 42.5 Å². The van der Waals surface area contributed by atoms with E-state index in [4.69, 9.17) is 34.8 Å². The highest BCUT2D eigenvalue weighted by Crippen LogP contribution is 2.32. The molecule has 0 radical (unpaired) electrons. The monoisotopic (exact) mass is 302 g/mol. The molecule has 94 valence electrons. The zero-order valence-corrected chi connectivity index (χ0v) is 11.6. The molecule has 0 aliphatic heterocycles. The Balaban J connectivity index is 2.22. The van der Waals surface area contributed by atoms with Crippen LogP contribution < -0.4 is 0 Å². The molecule has 0 aliphatic carbocycles. The van der Waals surface area contributed by atoms with Crippen LogP contribution >= 0.6 is 34.8 Å². The Morgan fingerprint density at radius 1 is 1.06 bits per heavy atom. The second kappa shape index (κ2) is 5.92. The van der Waals surface area contributed by atoms with Crippen molar-refractivity contribution >= 4 is 34.8 Å². The van der Waals surface area contributed by atoms with Gasteiger partial charge < -0.3 is 0 Å². The highest BCUT2D eigenvalue weighted by atomic mass is 35.5. The molecule has 2 aromatic carbocycles. The second-order valence-electron chi connectivity index (χ2n) is 3.93. The van der Waals surface area contributed by atoms with Crippen LogP contribution in [0, 0.1) is 5.82 Å². The first-order valence-corrected chi connectivity index (χ1v) is 6.59. The quantitative estimate of drug-likeness (QED) is 0.642. The Bertz CT molecular complexity index is 554. The fourth-order valence-corrected chi connectivity index (χ4v) is 2.68. The van der Waals surface area contributed by atoms with Crippen molar-refractivity contribution in [3.05, 3.63) is 69.5 Å². The number of halogens is 4. The molecule has 2 aromatic rings. The first kappa shape index (κ1) is 13.7. The lowest BCUT2D eigenvalue weighted by Crippen LogP contribution is -1.99. The molecular formula is C14H10Cl3F. The number of rotatable bonds is 3. The molecule has 0 amide bonds. The van der Waals surface area contributed by atoms with E-state index in [1.54, 1.807) is 36.4 Å². The van der Waals surface area contributed by atoms with Crippen LogP contribution in [-0.4, -0.2) is 0 Å². The van der Waals surface area contributed by atoms with Crippen molar-refractivity contribution in [3.63, 3.8) is 0 Å². The molecule has 4 heteroatoms. The van der Waals surface area contributed by atoms with Crippen molar-refractivity contribution in [2.75, 3.05) is 0 Å². The van der Waals surface area contributed by atoms with E-state index >= 15 is 0 Å². The van der Waals surface area contributed by atoms with Gasteiger partial charge in [-0.2, -0.15) is 0 Å². The topological polar surface area (TPSA) is 0 Å². The van der Waals surface area contributed by atoms with Crippen LogP contribution in [0.1, 0.15) is 16.5 Å². The fourth-order valence-electron chi connectivity index (χ4n) is 1.72. The molecule has 18 heavy (non-hydrogen) atoms. The molecule has 1 atom stereocenters. The Kier molecular flexibility index (Phi) is 4.50. The number of hydrogen-bond acceptors (Lipinski definition) is 0. The molecule has 0 spiro atoms. The minimum absolute atomic E-state index is 0.256. The van der Waals surface area contributed by atoms with E-state index in [1.165, 1.54) is 6.07 Å². The number of hydrogen-bond donors (Lipinski definition) is 0. The van der Waals surface area contributed by atoms with Gasteiger partial charge in [-0.25, -0.2) is 4.39 Å². The normalized spacial score (nSPS) is 12.4. The third-order valence-corrected chi connectivity index (χ3v) is 3.61. The van der Waals surface area contributed by atoms with E-state index in [9.17, 15) is 4.39 Å². The fraction of sp³-hybridized carbons (Fsp3) is 0.143. The molecule has 0 bridgehead atoms. The molecule has 0 saturated carbocycles. The smallest absolute Gasteiger partial charge is 0.126 e. The summed E-state index contributed by atoms with van der Waals surface area (Å²) in [6.45, 7) is 0. The maximum Gasteiger partial charge on any atom is 0.126 e. The molecule has 0 fully saturated rings.